The largest absolute Gasteiger partial charge is 0.391 e. The molecule has 0 radical (unpaired) electrons. The molecular weight excluding hydrogens is 532 g/mol. The highest BCUT2D eigenvalue weighted by atomic mass is 19.1. The summed E-state index contributed by atoms with van der Waals surface area (Å²) in [5.74, 6) is -2.80. The normalized spacial score (nSPS) is 18.8. The van der Waals surface area contributed by atoms with Crippen molar-refractivity contribution >= 4 is 17.3 Å². The molecule has 1 amide bonds. The topological polar surface area (TPSA) is 73.7 Å². The second-order valence-electron chi connectivity index (χ2n) is 12.3. The van der Waals surface area contributed by atoms with Gasteiger partial charge in [-0.15, -0.1) is 0 Å². The third-order valence-corrected chi connectivity index (χ3v) is 8.21. The molecule has 0 heterocycles. The van der Waals surface area contributed by atoms with Crippen molar-refractivity contribution in [3.05, 3.63) is 101 Å². The van der Waals surface area contributed by atoms with Crippen LogP contribution in [0.1, 0.15) is 70.1 Å². The van der Waals surface area contributed by atoms with Crippen LogP contribution in [-0.4, -0.2) is 35.9 Å². The van der Waals surface area contributed by atoms with Gasteiger partial charge in [0.1, 0.15) is 11.6 Å². The first kappa shape index (κ1) is 31.5. The minimum atomic E-state index is -1.12. The molecule has 224 valence electrons. The van der Waals surface area contributed by atoms with Crippen molar-refractivity contribution in [2.24, 2.45) is 10.9 Å². The van der Waals surface area contributed by atoms with Gasteiger partial charge < -0.3 is 15.7 Å². The highest BCUT2D eigenvalue weighted by molar-refractivity contribution is 5.93. The molecule has 7 heteroatoms. The van der Waals surface area contributed by atoms with E-state index in [4.69, 9.17) is 0 Å². The van der Waals surface area contributed by atoms with Gasteiger partial charge in [-0.05, 0) is 85.4 Å². The van der Waals surface area contributed by atoms with Crippen molar-refractivity contribution in [3.8, 4) is 0 Å². The fraction of sp³-hybridized carbons (Fsp3) is 0.429. The first-order valence-electron chi connectivity index (χ1n) is 14.9. The van der Waals surface area contributed by atoms with E-state index >= 15 is 0 Å². The van der Waals surface area contributed by atoms with Gasteiger partial charge in [0, 0.05) is 36.1 Å². The number of anilines is 1. The molecule has 2 unspecified atom stereocenters. The number of nitrogens with zero attached hydrogens (tertiary/aromatic N) is 1. The Labute approximate surface area is 248 Å². The van der Waals surface area contributed by atoms with E-state index in [9.17, 15) is 18.7 Å². The maximum Gasteiger partial charge on any atom is 0.230 e. The van der Waals surface area contributed by atoms with Gasteiger partial charge in [-0.1, -0.05) is 63.2 Å². The van der Waals surface area contributed by atoms with Crippen LogP contribution in [0.2, 0.25) is 0 Å². The molecule has 0 spiro atoms. The van der Waals surface area contributed by atoms with E-state index in [0.29, 0.717) is 11.3 Å². The van der Waals surface area contributed by atoms with Gasteiger partial charge in [-0.3, -0.25) is 9.79 Å². The lowest BCUT2D eigenvalue weighted by Crippen LogP contribution is -2.50. The maximum atomic E-state index is 14.0. The molecule has 1 aliphatic rings. The van der Waals surface area contributed by atoms with Gasteiger partial charge in [-0.2, -0.15) is 0 Å². The van der Waals surface area contributed by atoms with Gasteiger partial charge in [0.15, 0.2) is 0 Å². The molecule has 2 atom stereocenters. The standard InChI is InChI=1S/C35H43F2N3O2/c1-5-38-29-14-16-35(17-15-29,26-11-9-10-25(21-26)34(2,3)4)39-23-32(41)31(20-24-18-27(36)22-28(37)19-24)33(42)40-30-12-7-6-8-13-30/h6-13,18-19,21-22,31-32,39,41H,5,14-17,20,23H2,1-4H3,(H,40,42). The van der Waals surface area contributed by atoms with Crippen LogP contribution in [-0.2, 0) is 22.2 Å². The summed E-state index contributed by atoms with van der Waals surface area (Å²) in [6.07, 6.45) is 2.17. The summed E-state index contributed by atoms with van der Waals surface area (Å²) in [6.45, 7) is 9.50. The smallest absolute Gasteiger partial charge is 0.230 e. The fourth-order valence-electron chi connectivity index (χ4n) is 5.78. The maximum absolute atomic E-state index is 14.0. The van der Waals surface area contributed by atoms with E-state index in [1.54, 1.807) is 24.3 Å². The first-order valence-corrected chi connectivity index (χ1v) is 14.9. The highest BCUT2D eigenvalue weighted by Crippen LogP contribution is 2.38. The van der Waals surface area contributed by atoms with Crippen LogP contribution < -0.4 is 10.6 Å². The summed E-state index contributed by atoms with van der Waals surface area (Å²) in [7, 11) is 0. The Hall–Kier alpha value is -3.42. The van der Waals surface area contributed by atoms with Gasteiger partial charge in [0.25, 0.3) is 0 Å². The molecule has 0 aromatic heterocycles. The Balaban J connectivity index is 1.61. The number of hydrogen-bond donors (Lipinski definition) is 3. The average molecular weight is 576 g/mol. The number of aliphatic hydroxyl groups is 1. The van der Waals surface area contributed by atoms with Gasteiger partial charge in [-0.25, -0.2) is 8.78 Å². The Bertz CT molecular complexity index is 1350. The molecule has 3 aromatic carbocycles. The number of carbonyl (C=O) groups excluding carboxylic acids is 1. The van der Waals surface area contributed by atoms with E-state index in [0.717, 1.165) is 43.9 Å². The third kappa shape index (κ3) is 8.11. The summed E-state index contributed by atoms with van der Waals surface area (Å²) in [4.78, 5) is 18.2. The van der Waals surface area contributed by atoms with Crippen molar-refractivity contribution < 1.29 is 18.7 Å². The number of aliphatic imine (C=N–C) groups is 1. The lowest BCUT2D eigenvalue weighted by molar-refractivity contribution is -0.123. The Kier molecular flexibility index (Phi) is 10.3. The summed E-state index contributed by atoms with van der Waals surface area (Å²) < 4.78 is 28.1. The van der Waals surface area contributed by atoms with Crippen LogP contribution in [0.15, 0.2) is 77.8 Å². The number of hydrogen-bond acceptors (Lipinski definition) is 4. The summed E-state index contributed by atoms with van der Waals surface area (Å²) >= 11 is 0. The van der Waals surface area contributed by atoms with E-state index < -0.39 is 35.1 Å². The molecule has 3 N–H and O–H groups in total. The molecule has 0 bridgehead atoms. The predicted octanol–water partition coefficient (Wildman–Crippen LogP) is 6.94. The molecule has 1 saturated carbocycles. The van der Waals surface area contributed by atoms with Gasteiger partial charge in [0.05, 0.1) is 12.0 Å². The number of halogens is 2. The number of aliphatic hydroxyl groups excluding tert-OH is 1. The minimum absolute atomic E-state index is 0.0178. The Morgan fingerprint density at radius 2 is 1.64 bits per heavy atom. The predicted molar refractivity (Wildman–Crippen MR) is 166 cm³/mol. The summed E-state index contributed by atoms with van der Waals surface area (Å²) in [5, 5.41) is 18.1. The number of benzene rings is 3. The third-order valence-electron chi connectivity index (χ3n) is 8.21. The van der Waals surface area contributed by atoms with Crippen molar-refractivity contribution in [3.63, 3.8) is 0 Å². The monoisotopic (exact) mass is 575 g/mol. The van der Waals surface area contributed by atoms with E-state index in [1.807, 2.05) is 13.0 Å². The van der Waals surface area contributed by atoms with Crippen LogP contribution in [0, 0.1) is 17.6 Å². The lowest BCUT2D eigenvalue weighted by Gasteiger charge is -2.41. The molecule has 5 nitrogen and oxygen atoms in total. The quantitative estimate of drug-likeness (QED) is 0.245. The Morgan fingerprint density at radius 3 is 2.26 bits per heavy atom. The van der Waals surface area contributed by atoms with E-state index in [2.05, 4.69) is 60.7 Å². The van der Waals surface area contributed by atoms with Gasteiger partial charge in [0.2, 0.25) is 5.91 Å². The van der Waals surface area contributed by atoms with Crippen LogP contribution in [0.25, 0.3) is 0 Å². The number of rotatable bonds is 10. The van der Waals surface area contributed by atoms with E-state index in [-0.39, 0.29) is 18.4 Å². The second-order valence-corrected chi connectivity index (χ2v) is 12.3. The van der Waals surface area contributed by atoms with Gasteiger partial charge >= 0.3 is 0 Å². The molecule has 4 rings (SSSR count). The number of nitrogens with one attached hydrogen (secondary N) is 2. The van der Waals surface area contributed by atoms with Crippen LogP contribution in [0.4, 0.5) is 14.5 Å². The zero-order chi connectivity index (χ0) is 30.3. The number of para-hydroxylation sites is 1. The molecule has 1 fully saturated rings. The molecule has 1 aliphatic carbocycles. The van der Waals surface area contributed by atoms with Crippen LogP contribution in [0.5, 0.6) is 0 Å². The number of amides is 1. The molecular formula is C35H43F2N3O2. The molecule has 42 heavy (non-hydrogen) atoms. The lowest BCUT2D eigenvalue weighted by atomic mass is 9.74. The van der Waals surface area contributed by atoms with Crippen LogP contribution in [0.3, 0.4) is 0 Å². The van der Waals surface area contributed by atoms with Crippen molar-refractivity contribution in [1.29, 1.82) is 0 Å². The highest BCUT2D eigenvalue weighted by Gasteiger charge is 2.38. The summed E-state index contributed by atoms with van der Waals surface area (Å²) in [6, 6.07) is 20.8. The van der Waals surface area contributed by atoms with E-state index in [1.165, 1.54) is 23.4 Å². The fourth-order valence-corrected chi connectivity index (χ4v) is 5.78. The average Bonchev–Trinajstić information content (AvgIpc) is 2.95. The molecule has 0 aliphatic heterocycles. The zero-order valence-electron chi connectivity index (χ0n) is 25.1. The first-order chi connectivity index (χ1) is 20.0. The van der Waals surface area contributed by atoms with Crippen molar-refractivity contribution in [1.82, 2.24) is 5.32 Å². The van der Waals surface area contributed by atoms with Crippen molar-refractivity contribution in [2.75, 3.05) is 18.4 Å². The molecule has 3 aromatic rings. The number of carbonyl (C=O) groups is 1. The summed E-state index contributed by atoms with van der Waals surface area (Å²) in [5.41, 5.74) is 4.03. The van der Waals surface area contributed by atoms with Crippen LogP contribution >= 0.6 is 0 Å². The second kappa shape index (κ2) is 13.7. The SMILES string of the molecule is CCN=C1CCC(NCC(O)C(Cc2cc(F)cc(F)c2)C(=O)Nc2ccccc2)(c2cccc(C(C)(C)C)c2)CC1. The Morgan fingerprint density at radius 1 is 0.976 bits per heavy atom. The van der Waals surface area contributed by atoms with Crippen molar-refractivity contribution in [2.45, 2.75) is 76.9 Å². The minimum Gasteiger partial charge on any atom is -0.391 e. The molecule has 0 saturated heterocycles. The zero-order valence-corrected chi connectivity index (χ0v) is 25.1.